The Kier molecular flexibility index (Phi) is 3.86. The molecule has 1 heterocycles. The first-order valence-corrected chi connectivity index (χ1v) is 7.37. The van der Waals surface area contributed by atoms with E-state index in [0.29, 0.717) is 18.0 Å². The fourth-order valence-electron chi connectivity index (χ4n) is 3.18. The number of likely N-dealkylation sites (tertiary alicyclic amines) is 1. The fourth-order valence-corrected chi connectivity index (χ4v) is 3.18. The molecule has 0 saturated carbocycles. The molecule has 1 aliphatic heterocycles. The van der Waals surface area contributed by atoms with E-state index in [1.165, 1.54) is 11.1 Å². The first kappa shape index (κ1) is 13.3. The molecule has 0 amide bonds. The second-order valence-electron chi connectivity index (χ2n) is 5.66. The molecule has 1 fully saturated rings. The largest absolute Gasteiger partial charge is 0.330 e. The number of rotatable bonds is 4. The molecular weight excluding hydrogens is 244 g/mol. The maximum absolute atomic E-state index is 5.84. The minimum atomic E-state index is 0.343. The van der Waals surface area contributed by atoms with Crippen molar-refractivity contribution in [2.75, 3.05) is 13.1 Å². The third kappa shape index (κ3) is 2.37. The molecule has 2 atom stereocenters. The third-order valence-corrected chi connectivity index (χ3v) is 4.52. The lowest BCUT2D eigenvalue weighted by molar-refractivity contribution is 0.00498. The van der Waals surface area contributed by atoms with Crippen LogP contribution in [0, 0.1) is 5.92 Å². The second kappa shape index (κ2) is 5.78. The van der Waals surface area contributed by atoms with Crippen molar-refractivity contribution in [3.63, 3.8) is 0 Å². The molecule has 2 aromatic rings. The van der Waals surface area contributed by atoms with Crippen LogP contribution in [0.3, 0.4) is 0 Å². The van der Waals surface area contributed by atoms with Crippen molar-refractivity contribution >= 4 is 0 Å². The highest BCUT2D eigenvalue weighted by Crippen LogP contribution is 2.37. The van der Waals surface area contributed by atoms with E-state index in [2.05, 4.69) is 72.5 Å². The molecule has 0 spiro atoms. The zero-order valence-corrected chi connectivity index (χ0v) is 11.9. The lowest BCUT2D eigenvalue weighted by Gasteiger charge is -2.50. The monoisotopic (exact) mass is 266 g/mol. The zero-order valence-electron chi connectivity index (χ0n) is 11.9. The Labute approximate surface area is 121 Å². The van der Waals surface area contributed by atoms with Crippen LogP contribution in [-0.4, -0.2) is 24.0 Å². The first-order chi connectivity index (χ1) is 9.81. The van der Waals surface area contributed by atoms with Gasteiger partial charge in [-0.2, -0.15) is 0 Å². The Morgan fingerprint density at radius 1 is 1.00 bits per heavy atom. The zero-order chi connectivity index (χ0) is 13.9. The summed E-state index contributed by atoms with van der Waals surface area (Å²) >= 11 is 0. The molecule has 2 aromatic carbocycles. The Balaban J connectivity index is 1.94. The van der Waals surface area contributed by atoms with Gasteiger partial charge in [-0.3, -0.25) is 4.90 Å². The maximum Gasteiger partial charge on any atom is 0.0604 e. The number of nitrogens with two attached hydrogens (primary N) is 1. The SMILES string of the molecule is C[C@@H]1[C@H](CN)CN1C(c1ccccc1)c1ccccc1. The molecule has 2 nitrogen and oxygen atoms in total. The highest BCUT2D eigenvalue weighted by Gasteiger charge is 2.39. The predicted molar refractivity (Wildman–Crippen MR) is 83.4 cm³/mol. The van der Waals surface area contributed by atoms with E-state index >= 15 is 0 Å². The predicted octanol–water partition coefficient (Wildman–Crippen LogP) is 3.06. The second-order valence-corrected chi connectivity index (χ2v) is 5.66. The summed E-state index contributed by atoms with van der Waals surface area (Å²) in [5.41, 5.74) is 8.56. The van der Waals surface area contributed by atoms with Gasteiger partial charge in [0.2, 0.25) is 0 Å². The minimum Gasteiger partial charge on any atom is -0.330 e. The van der Waals surface area contributed by atoms with Crippen molar-refractivity contribution in [1.29, 1.82) is 0 Å². The molecule has 1 aliphatic rings. The summed E-state index contributed by atoms with van der Waals surface area (Å²) in [6.07, 6.45) is 0. The highest BCUT2D eigenvalue weighted by atomic mass is 15.3. The van der Waals surface area contributed by atoms with Gasteiger partial charge in [-0.25, -0.2) is 0 Å². The number of benzene rings is 2. The van der Waals surface area contributed by atoms with Crippen LogP contribution >= 0.6 is 0 Å². The molecule has 0 aromatic heterocycles. The topological polar surface area (TPSA) is 29.3 Å². The molecule has 0 aliphatic carbocycles. The summed E-state index contributed by atoms with van der Waals surface area (Å²) in [4.78, 5) is 2.56. The van der Waals surface area contributed by atoms with Gasteiger partial charge in [0.1, 0.15) is 0 Å². The Bertz CT molecular complexity index is 498. The van der Waals surface area contributed by atoms with Crippen LogP contribution in [-0.2, 0) is 0 Å². The first-order valence-electron chi connectivity index (χ1n) is 7.37. The van der Waals surface area contributed by atoms with Crippen LogP contribution < -0.4 is 5.73 Å². The molecule has 2 heteroatoms. The fraction of sp³-hybridized carbons (Fsp3) is 0.333. The van der Waals surface area contributed by atoms with Crippen molar-refractivity contribution in [3.8, 4) is 0 Å². The molecule has 0 unspecified atom stereocenters. The lowest BCUT2D eigenvalue weighted by atomic mass is 9.84. The molecule has 104 valence electrons. The van der Waals surface area contributed by atoms with Gasteiger partial charge in [0.15, 0.2) is 0 Å². The maximum atomic E-state index is 5.84. The third-order valence-electron chi connectivity index (χ3n) is 4.52. The number of hydrogen-bond acceptors (Lipinski definition) is 2. The van der Waals surface area contributed by atoms with Gasteiger partial charge in [-0.1, -0.05) is 60.7 Å². The summed E-state index contributed by atoms with van der Waals surface area (Å²) in [6, 6.07) is 22.4. The van der Waals surface area contributed by atoms with E-state index in [4.69, 9.17) is 5.73 Å². The van der Waals surface area contributed by atoms with Crippen LogP contribution in [0.1, 0.15) is 24.1 Å². The van der Waals surface area contributed by atoms with Gasteiger partial charge < -0.3 is 5.73 Å². The van der Waals surface area contributed by atoms with Crippen molar-refractivity contribution in [2.45, 2.75) is 19.0 Å². The summed E-state index contributed by atoms with van der Waals surface area (Å²) in [6.45, 7) is 4.17. The van der Waals surface area contributed by atoms with Crippen molar-refractivity contribution < 1.29 is 0 Å². The van der Waals surface area contributed by atoms with E-state index in [0.717, 1.165) is 13.1 Å². The summed E-state index contributed by atoms with van der Waals surface area (Å²) in [5.74, 6) is 0.630. The molecule has 2 N–H and O–H groups in total. The minimum absolute atomic E-state index is 0.343. The van der Waals surface area contributed by atoms with Crippen LogP contribution in [0.25, 0.3) is 0 Å². The van der Waals surface area contributed by atoms with E-state index in [1.807, 2.05) is 0 Å². The lowest BCUT2D eigenvalue weighted by Crippen LogP contribution is -2.58. The molecule has 3 rings (SSSR count). The highest BCUT2D eigenvalue weighted by molar-refractivity contribution is 5.32. The molecular formula is C18H22N2. The van der Waals surface area contributed by atoms with Gasteiger partial charge in [-0.05, 0) is 30.5 Å². The van der Waals surface area contributed by atoms with E-state index in [9.17, 15) is 0 Å². The average Bonchev–Trinajstić information content (AvgIpc) is 2.52. The normalized spacial score (nSPS) is 22.8. The number of hydrogen-bond donors (Lipinski definition) is 1. The van der Waals surface area contributed by atoms with Crippen molar-refractivity contribution in [2.24, 2.45) is 11.7 Å². The van der Waals surface area contributed by atoms with Gasteiger partial charge in [0.05, 0.1) is 6.04 Å². The van der Waals surface area contributed by atoms with Gasteiger partial charge in [0, 0.05) is 12.6 Å². The van der Waals surface area contributed by atoms with Crippen LogP contribution in [0.5, 0.6) is 0 Å². The Morgan fingerprint density at radius 3 is 1.90 bits per heavy atom. The number of nitrogens with zero attached hydrogens (tertiary/aromatic N) is 1. The molecule has 0 radical (unpaired) electrons. The van der Waals surface area contributed by atoms with E-state index in [-0.39, 0.29) is 0 Å². The summed E-state index contributed by atoms with van der Waals surface area (Å²) < 4.78 is 0. The smallest absolute Gasteiger partial charge is 0.0604 e. The standard InChI is InChI=1S/C18H22N2/c1-14-17(12-19)13-20(14)18(15-8-4-2-5-9-15)16-10-6-3-7-11-16/h2-11,14,17-18H,12-13,19H2,1H3/t14-,17-/m1/s1. The average molecular weight is 266 g/mol. The van der Waals surface area contributed by atoms with Crippen LogP contribution in [0.2, 0.25) is 0 Å². The van der Waals surface area contributed by atoms with Gasteiger partial charge in [-0.15, -0.1) is 0 Å². The van der Waals surface area contributed by atoms with Gasteiger partial charge in [0.25, 0.3) is 0 Å². The van der Waals surface area contributed by atoms with Gasteiger partial charge >= 0.3 is 0 Å². The Hall–Kier alpha value is -1.64. The van der Waals surface area contributed by atoms with E-state index < -0.39 is 0 Å². The summed E-state index contributed by atoms with van der Waals surface area (Å²) in [7, 11) is 0. The van der Waals surface area contributed by atoms with Crippen LogP contribution in [0.15, 0.2) is 60.7 Å². The molecule has 20 heavy (non-hydrogen) atoms. The summed E-state index contributed by atoms with van der Waals surface area (Å²) in [5, 5.41) is 0. The molecule has 0 bridgehead atoms. The van der Waals surface area contributed by atoms with Crippen molar-refractivity contribution in [1.82, 2.24) is 4.90 Å². The van der Waals surface area contributed by atoms with Crippen LogP contribution in [0.4, 0.5) is 0 Å². The molecule has 1 saturated heterocycles. The van der Waals surface area contributed by atoms with E-state index in [1.54, 1.807) is 0 Å². The quantitative estimate of drug-likeness (QED) is 0.921. The Morgan fingerprint density at radius 2 is 1.50 bits per heavy atom. The van der Waals surface area contributed by atoms with Crippen molar-refractivity contribution in [3.05, 3.63) is 71.8 Å².